The Morgan fingerprint density at radius 1 is 0.852 bits per heavy atom. The maximum absolute atomic E-state index is 12.2. The zero-order chi connectivity index (χ0) is 19.7. The zero-order valence-electron chi connectivity index (χ0n) is 14.3. The van der Waals surface area contributed by atoms with Crippen molar-refractivity contribution in [1.29, 1.82) is 0 Å². The quantitative estimate of drug-likeness (QED) is 0.618. The molecule has 0 saturated carbocycles. The van der Waals surface area contributed by atoms with E-state index in [-0.39, 0.29) is 12.1 Å². The van der Waals surface area contributed by atoms with Crippen LogP contribution < -0.4 is 10.5 Å². The van der Waals surface area contributed by atoms with Crippen molar-refractivity contribution in [1.82, 2.24) is 0 Å². The first-order valence-corrected chi connectivity index (χ1v) is 8.07. The van der Waals surface area contributed by atoms with Gasteiger partial charge in [0, 0.05) is 12.1 Å². The zero-order valence-corrected chi connectivity index (χ0v) is 14.3. The number of ether oxygens (including phenoxy) is 1. The molecule has 140 valence electrons. The van der Waals surface area contributed by atoms with Gasteiger partial charge in [0.05, 0.1) is 5.56 Å². The number of benzene rings is 3. The molecule has 0 fully saturated rings. The molecular formula is C21H18F3NO2. The van der Waals surface area contributed by atoms with Crippen LogP contribution in [0.2, 0.25) is 0 Å². The molecule has 0 aromatic heterocycles. The molecule has 0 atom stereocenters. The smallest absolute Gasteiger partial charge is 0.416 e. The van der Waals surface area contributed by atoms with Gasteiger partial charge in [-0.2, -0.15) is 13.2 Å². The van der Waals surface area contributed by atoms with Gasteiger partial charge in [-0.05, 0) is 35.9 Å². The summed E-state index contributed by atoms with van der Waals surface area (Å²) >= 11 is 0. The van der Waals surface area contributed by atoms with Crippen molar-refractivity contribution in [3.8, 4) is 11.5 Å². The summed E-state index contributed by atoms with van der Waals surface area (Å²) in [5.41, 5.74) is 5.25. The van der Waals surface area contributed by atoms with E-state index in [0.29, 0.717) is 11.3 Å². The van der Waals surface area contributed by atoms with Crippen LogP contribution in [0.3, 0.4) is 0 Å². The van der Waals surface area contributed by atoms with Gasteiger partial charge < -0.3 is 10.5 Å². The lowest BCUT2D eigenvalue weighted by molar-refractivity contribution is -0.138. The van der Waals surface area contributed by atoms with Crippen LogP contribution in [0.1, 0.15) is 21.5 Å². The van der Waals surface area contributed by atoms with E-state index < -0.39 is 11.7 Å². The van der Waals surface area contributed by atoms with Crippen LogP contribution in [0.4, 0.5) is 13.2 Å². The Labute approximate surface area is 155 Å². The van der Waals surface area contributed by atoms with Crippen LogP contribution in [0, 0.1) is 0 Å². The Bertz CT molecular complexity index is 865. The highest BCUT2D eigenvalue weighted by atomic mass is 19.4. The second kappa shape index (κ2) is 9.54. The molecule has 3 rings (SSSR count). The van der Waals surface area contributed by atoms with Crippen molar-refractivity contribution in [3.63, 3.8) is 0 Å². The normalized spacial score (nSPS) is 10.5. The summed E-state index contributed by atoms with van der Waals surface area (Å²) in [6.07, 6.45) is -3.49. The number of carbonyl (C=O) groups excluding carboxylic acids is 1. The second-order valence-electron chi connectivity index (χ2n) is 5.46. The predicted octanol–water partition coefficient (Wildman–Crippen LogP) is 5.46. The summed E-state index contributed by atoms with van der Waals surface area (Å²) < 4.78 is 42.1. The number of hydrogen-bond donors (Lipinski definition) is 1. The molecule has 0 spiro atoms. The molecule has 3 nitrogen and oxygen atoms in total. The number of hydrogen-bond acceptors (Lipinski definition) is 3. The molecule has 3 aromatic carbocycles. The Balaban J connectivity index is 0.000000199. The number of carbonyl (C=O) groups is 1. The number of alkyl halides is 3. The average Bonchev–Trinajstić information content (AvgIpc) is 2.69. The minimum absolute atomic E-state index is 0.0876. The van der Waals surface area contributed by atoms with Gasteiger partial charge >= 0.3 is 6.18 Å². The number of nitrogens with two attached hydrogens (primary N) is 1. The molecule has 0 aliphatic carbocycles. The van der Waals surface area contributed by atoms with E-state index in [4.69, 9.17) is 10.5 Å². The highest BCUT2D eigenvalue weighted by Gasteiger charge is 2.32. The molecule has 0 unspecified atom stereocenters. The van der Waals surface area contributed by atoms with Crippen molar-refractivity contribution in [3.05, 3.63) is 95.6 Å². The minimum atomic E-state index is -4.30. The minimum Gasteiger partial charge on any atom is -0.457 e. The summed E-state index contributed by atoms with van der Waals surface area (Å²) in [4.78, 5) is 10.6. The molecule has 0 aliphatic heterocycles. The second-order valence-corrected chi connectivity index (χ2v) is 5.46. The average molecular weight is 373 g/mol. The SMILES string of the molecule is NCc1ccccc1C(F)(F)F.O=Cc1cccc(Oc2ccccc2)c1. The third-order valence-corrected chi connectivity index (χ3v) is 3.52. The van der Waals surface area contributed by atoms with Gasteiger partial charge in [0.2, 0.25) is 0 Å². The maximum atomic E-state index is 12.2. The Kier molecular flexibility index (Phi) is 7.14. The lowest BCUT2D eigenvalue weighted by Gasteiger charge is -2.10. The monoisotopic (exact) mass is 373 g/mol. The summed E-state index contributed by atoms with van der Waals surface area (Å²) in [6.45, 7) is -0.0876. The van der Waals surface area contributed by atoms with E-state index in [1.54, 1.807) is 18.2 Å². The molecule has 0 heterocycles. The van der Waals surface area contributed by atoms with Gasteiger partial charge in [-0.3, -0.25) is 4.79 Å². The fourth-order valence-electron chi connectivity index (χ4n) is 2.25. The van der Waals surface area contributed by atoms with Crippen LogP contribution in [-0.2, 0) is 12.7 Å². The van der Waals surface area contributed by atoms with Gasteiger partial charge in [-0.25, -0.2) is 0 Å². The summed E-state index contributed by atoms with van der Waals surface area (Å²) in [7, 11) is 0. The molecule has 27 heavy (non-hydrogen) atoms. The first-order valence-electron chi connectivity index (χ1n) is 8.07. The highest BCUT2D eigenvalue weighted by molar-refractivity contribution is 5.75. The lowest BCUT2D eigenvalue weighted by atomic mass is 10.1. The van der Waals surface area contributed by atoms with Gasteiger partial charge in [0.1, 0.15) is 17.8 Å². The van der Waals surface area contributed by atoms with E-state index in [1.807, 2.05) is 36.4 Å². The molecule has 0 amide bonds. The third kappa shape index (κ3) is 6.27. The largest absolute Gasteiger partial charge is 0.457 e. The predicted molar refractivity (Wildman–Crippen MR) is 97.7 cm³/mol. The number of aldehydes is 1. The van der Waals surface area contributed by atoms with Crippen LogP contribution >= 0.6 is 0 Å². The summed E-state index contributed by atoms with van der Waals surface area (Å²) in [5, 5.41) is 0. The van der Waals surface area contributed by atoms with Crippen LogP contribution in [-0.4, -0.2) is 6.29 Å². The van der Waals surface area contributed by atoms with Crippen molar-refractivity contribution < 1.29 is 22.7 Å². The van der Waals surface area contributed by atoms with Crippen molar-refractivity contribution >= 4 is 6.29 Å². The molecule has 0 radical (unpaired) electrons. The Morgan fingerprint density at radius 3 is 2.07 bits per heavy atom. The van der Waals surface area contributed by atoms with Crippen LogP contribution in [0.5, 0.6) is 11.5 Å². The van der Waals surface area contributed by atoms with Crippen molar-refractivity contribution in [2.75, 3.05) is 0 Å². The molecule has 0 bridgehead atoms. The van der Waals surface area contributed by atoms with Gasteiger partial charge in [0.25, 0.3) is 0 Å². The van der Waals surface area contributed by atoms with E-state index in [2.05, 4.69) is 0 Å². The molecule has 0 saturated heterocycles. The Morgan fingerprint density at radius 2 is 1.48 bits per heavy atom. The van der Waals surface area contributed by atoms with Gasteiger partial charge in [-0.1, -0.05) is 48.5 Å². The standard InChI is InChI=1S/C13H10O2.C8H8F3N/c14-10-11-5-4-8-13(9-11)15-12-6-2-1-3-7-12;9-8(10,11)7-4-2-1-3-6(7)5-12/h1-10H;1-4H,5,12H2. The van der Waals surface area contributed by atoms with E-state index in [9.17, 15) is 18.0 Å². The van der Waals surface area contributed by atoms with Crippen LogP contribution in [0.15, 0.2) is 78.9 Å². The van der Waals surface area contributed by atoms with Gasteiger partial charge in [0.15, 0.2) is 0 Å². The van der Waals surface area contributed by atoms with Gasteiger partial charge in [-0.15, -0.1) is 0 Å². The van der Waals surface area contributed by atoms with E-state index in [0.717, 1.165) is 18.1 Å². The highest BCUT2D eigenvalue weighted by Crippen LogP contribution is 2.31. The fraction of sp³-hybridized carbons (Fsp3) is 0.0952. The molecule has 6 heteroatoms. The first kappa shape index (κ1) is 20.2. The summed E-state index contributed by atoms with van der Waals surface area (Å²) in [5.74, 6) is 1.44. The topological polar surface area (TPSA) is 52.3 Å². The molecule has 0 aliphatic rings. The van der Waals surface area contributed by atoms with Crippen LogP contribution in [0.25, 0.3) is 0 Å². The maximum Gasteiger partial charge on any atom is 0.416 e. The first-order chi connectivity index (χ1) is 12.9. The number of halogens is 3. The third-order valence-electron chi connectivity index (χ3n) is 3.52. The number of para-hydroxylation sites is 1. The lowest BCUT2D eigenvalue weighted by Crippen LogP contribution is -2.11. The van der Waals surface area contributed by atoms with Crippen molar-refractivity contribution in [2.24, 2.45) is 5.73 Å². The van der Waals surface area contributed by atoms with E-state index >= 15 is 0 Å². The summed E-state index contributed by atoms with van der Waals surface area (Å²) in [6, 6.07) is 21.8. The van der Waals surface area contributed by atoms with E-state index in [1.165, 1.54) is 18.2 Å². The van der Waals surface area contributed by atoms with Crippen molar-refractivity contribution in [2.45, 2.75) is 12.7 Å². The fourth-order valence-corrected chi connectivity index (χ4v) is 2.25. The molecule has 3 aromatic rings. The Hall–Kier alpha value is -3.12. The molecular weight excluding hydrogens is 355 g/mol. The number of rotatable bonds is 4. The molecule has 2 N–H and O–H groups in total.